The molecule has 2 atom stereocenters. The van der Waals surface area contributed by atoms with Gasteiger partial charge in [0, 0.05) is 18.2 Å². The summed E-state index contributed by atoms with van der Waals surface area (Å²) in [5, 5.41) is 0. The first-order chi connectivity index (χ1) is 5.16. The molecule has 1 heteroatoms. The fraction of sp³-hybridized carbons (Fsp3) is 0.900. The van der Waals surface area contributed by atoms with Gasteiger partial charge in [-0.25, -0.2) is 0 Å². The van der Waals surface area contributed by atoms with Gasteiger partial charge in [-0.2, -0.15) is 0 Å². The maximum absolute atomic E-state index is 4.44. The number of aliphatic imine (C=N–C) groups is 1. The van der Waals surface area contributed by atoms with E-state index in [4.69, 9.17) is 0 Å². The Morgan fingerprint density at radius 3 is 2.45 bits per heavy atom. The average Bonchev–Trinajstić information content (AvgIpc) is 2.44. The molecule has 0 aromatic carbocycles. The Kier molecular flexibility index (Phi) is 1.39. The Balaban J connectivity index is 2.36. The van der Waals surface area contributed by atoms with Crippen LogP contribution in [0.1, 0.15) is 33.1 Å². The summed E-state index contributed by atoms with van der Waals surface area (Å²) in [6, 6.07) is 0. The quantitative estimate of drug-likeness (QED) is 0.504. The number of hydrogen-bond acceptors (Lipinski definition) is 1. The van der Waals surface area contributed by atoms with Crippen molar-refractivity contribution in [1.82, 2.24) is 0 Å². The Morgan fingerprint density at radius 2 is 2.09 bits per heavy atom. The summed E-state index contributed by atoms with van der Waals surface area (Å²) in [7, 11) is 1.96. The topological polar surface area (TPSA) is 12.4 Å². The standard InChI is InChI=1S/C10H17N/c1-10(2)8-5-4-7(6-8)9(10)11-3/h7-8H,4-6H2,1-3H3/t7-,8+/m1/s1. The highest BCUT2D eigenvalue weighted by Crippen LogP contribution is 2.53. The largest absolute Gasteiger partial charge is 0.297 e. The van der Waals surface area contributed by atoms with Crippen molar-refractivity contribution in [3.05, 3.63) is 0 Å². The van der Waals surface area contributed by atoms with Crippen molar-refractivity contribution in [2.75, 3.05) is 7.05 Å². The van der Waals surface area contributed by atoms with E-state index >= 15 is 0 Å². The third kappa shape index (κ3) is 0.800. The zero-order valence-corrected chi connectivity index (χ0v) is 7.72. The molecule has 0 saturated heterocycles. The van der Waals surface area contributed by atoms with Crippen LogP contribution < -0.4 is 0 Å². The van der Waals surface area contributed by atoms with E-state index in [1.807, 2.05) is 7.05 Å². The van der Waals surface area contributed by atoms with Crippen LogP contribution >= 0.6 is 0 Å². The highest BCUT2D eigenvalue weighted by Gasteiger charge is 2.49. The molecule has 0 aromatic rings. The van der Waals surface area contributed by atoms with Gasteiger partial charge in [-0.05, 0) is 31.1 Å². The Labute approximate surface area is 68.9 Å². The Morgan fingerprint density at radius 1 is 1.36 bits per heavy atom. The molecule has 2 bridgehead atoms. The molecule has 0 aliphatic heterocycles. The molecular weight excluding hydrogens is 134 g/mol. The van der Waals surface area contributed by atoms with Gasteiger partial charge in [-0.3, -0.25) is 4.99 Å². The zero-order chi connectivity index (χ0) is 8.06. The van der Waals surface area contributed by atoms with Crippen molar-refractivity contribution in [2.24, 2.45) is 22.2 Å². The highest BCUT2D eigenvalue weighted by atomic mass is 14.8. The van der Waals surface area contributed by atoms with Crippen LogP contribution in [-0.2, 0) is 0 Å². The minimum absolute atomic E-state index is 0.428. The number of rotatable bonds is 0. The lowest BCUT2D eigenvalue weighted by atomic mass is 9.75. The van der Waals surface area contributed by atoms with Crippen molar-refractivity contribution in [1.29, 1.82) is 0 Å². The molecule has 1 nitrogen and oxygen atoms in total. The summed E-state index contributed by atoms with van der Waals surface area (Å²) < 4.78 is 0. The molecular formula is C10H17N. The first-order valence-electron chi connectivity index (χ1n) is 4.63. The predicted molar refractivity (Wildman–Crippen MR) is 48.0 cm³/mol. The molecule has 0 N–H and O–H groups in total. The first-order valence-corrected chi connectivity index (χ1v) is 4.63. The zero-order valence-electron chi connectivity index (χ0n) is 7.72. The van der Waals surface area contributed by atoms with Gasteiger partial charge in [0.15, 0.2) is 0 Å². The van der Waals surface area contributed by atoms with Gasteiger partial charge in [-0.15, -0.1) is 0 Å². The van der Waals surface area contributed by atoms with E-state index in [1.54, 1.807) is 0 Å². The summed E-state index contributed by atoms with van der Waals surface area (Å²) in [6.07, 6.45) is 4.26. The van der Waals surface area contributed by atoms with Crippen LogP contribution in [0, 0.1) is 17.3 Å². The molecule has 2 saturated carbocycles. The summed E-state index contributed by atoms with van der Waals surface area (Å²) in [5.74, 6) is 1.78. The molecule has 0 amide bonds. The summed E-state index contributed by atoms with van der Waals surface area (Å²) >= 11 is 0. The number of nitrogens with zero attached hydrogens (tertiary/aromatic N) is 1. The molecule has 0 heterocycles. The van der Waals surface area contributed by atoms with Crippen LogP contribution in [0.15, 0.2) is 4.99 Å². The maximum atomic E-state index is 4.44. The van der Waals surface area contributed by atoms with Gasteiger partial charge in [0.2, 0.25) is 0 Å². The van der Waals surface area contributed by atoms with Crippen LogP contribution in [0.5, 0.6) is 0 Å². The minimum Gasteiger partial charge on any atom is -0.297 e. The van der Waals surface area contributed by atoms with E-state index in [2.05, 4.69) is 18.8 Å². The van der Waals surface area contributed by atoms with E-state index in [0.29, 0.717) is 5.41 Å². The van der Waals surface area contributed by atoms with E-state index in [-0.39, 0.29) is 0 Å². The van der Waals surface area contributed by atoms with Gasteiger partial charge in [0.05, 0.1) is 0 Å². The Hall–Kier alpha value is -0.330. The number of hydrogen-bond donors (Lipinski definition) is 0. The van der Waals surface area contributed by atoms with Crippen LogP contribution in [0.4, 0.5) is 0 Å². The van der Waals surface area contributed by atoms with E-state index in [9.17, 15) is 0 Å². The lowest BCUT2D eigenvalue weighted by Crippen LogP contribution is -2.30. The second-order valence-corrected chi connectivity index (χ2v) is 4.54. The van der Waals surface area contributed by atoms with Gasteiger partial charge in [0.25, 0.3) is 0 Å². The monoisotopic (exact) mass is 151 g/mol. The van der Waals surface area contributed by atoms with Crippen molar-refractivity contribution >= 4 is 5.71 Å². The molecule has 0 radical (unpaired) electrons. The van der Waals surface area contributed by atoms with Gasteiger partial charge in [-0.1, -0.05) is 13.8 Å². The maximum Gasteiger partial charge on any atom is 0.0276 e. The molecule has 0 unspecified atom stereocenters. The SMILES string of the molecule is CN=C1[C@@H]2CC[C@@H](C2)C1(C)C. The summed E-state index contributed by atoms with van der Waals surface area (Å²) in [5.41, 5.74) is 1.92. The van der Waals surface area contributed by atoms with Crippen LogP contribution in [0.25, 0.3) is 0 Å². The van der Waals surface area contributed by atoms with Crippen LogP contribution in [-0.4, -0.2) is 12.8 Å². The summed E-state index contributed by atoms with van der Waals surface area (Å²) in [4.78, 5) is 4.44. The van der Waals surface area contributed by atoms with Crippen molar-refractivity contribution in [2.45, 2.75) is 33.1 Å². The third-order valence-corrected chi connectivity index (χ3v) is 3.74. The number of fused-ring (bicyclic) bond motifs is 2. The molecule has 11 heavy (non-hydrogen) atoms. The average molecular weight is 151 g/mol. The van der Waals surface area contributed by atoms with Crippen molar-refractivity contribution in [3.8, 4) is 0 Å². The Bertz CT molecular complexity index is 203. The minimum atomic E-state index is 0.428. The van der Waals surface area contributed by atoms with Crippen molar-refractivity contribution < 1.29 is 0 Å². The first kappa shape index (κ1) is 7.33. The van der Waals surface area contributed by atoms with Crippen LogP contribution in [0.2, 0.25) is 0 Å². The third-order valence-electron chi connectivity index (χ3n) is 3.74. The highest BCUT2D eigenvalue weighted by molar-refractivity contribution is 5.94. The second kappa shape index (κ2) is 2.09. The van der Waals surface area contributed by atoms with Gasteiger partial charge in [0.1, 0.15) is 0 Å². The van der Waals surface area contributed by atoms with E-state index in [0.717, 1.165) is 11.8 Å². The second-order valence-electron chi connectivity index (χ2n) is 4.54. The fourth-order valence-corrected chi connectivity index (χ4v) is 3.09. The van der Waals surface area contributed by atoms with E-state index < -0.39 is 0 Å². The predicted octanol–water partition coefficient (Wildman–Crippen LogP) is 2.51. The molecule has 2 rings (SSSR count). The van der Waals surface area contributed by atoms with Gasteiger partial charge < -0.3 is 0 Å². The van der Waals surface area contributed by atoms with Gasteiger partial charge >= 0.3 is 0 Å². The van der Waals surface area contributed by atoms with Crippen molar-refractivity contribution in [3.63, 3.8) is 0 Å². The lowest BCUT2D eigenvalue weighted by molar-refractivity contribution is 0.334. The molecule has 2 fully saturated rings. The molecule has 0 spiro atoms. The molecule has 2 aliphatic carbocycles. The molecule has 0 aromatic heterocycles. The lowest BCUT2D eigenvalue weighted by Gasteiger charge is -2.31. The van der Waals surface area contributed by atoms with Crippen LogP contribution in [0.3, 0.4) is 0 Å². The molecule has 62 valence electrons. The summed E-state index contributed by atoms with van der Waals surface area (Å²) in [6.45, 7) is 4.72. The smallest absolute Gasteiger partial charge is 0.0276 e. The normalized spacial score (nSPS) is 43.7. The molecule has 2 aliphatic rings. The van der Waals surface area contributed by atoms with E-state index in [1.165, 1.54) is 25.0 Å². The fourth-order valence-electron chi connectivity index (χ4n) is 3.09.